The van der Waals surface area contributed by atoms with E-state index in [1.165, 1.54) is 4.63 Å². The molecule has 3 heterocycles. The minimum absolute atomic E-state index is 0.596. The van der Waals surface area contributed by atoms with Gasteiger partial charge in [-0.25, -0.2) is 0 Å². The predicted molar refractivity (Wildman–Crippen MR) is 73.9 cm³/mol. The maximum absolute atomic E-state index is 5.66. The molecule has 1 aliphatic heterocycles. The maximum Gasteiger partial charge on any atom is 0.200 e. The van der Waals surface area contributed by atoms with Crippen LogP contribution in [0.3, 0.4) is 0 Å². The van der Waals surface area contributed by atoms with Crippen LogP contribution in [0.15, 0.2) is 30.3 Å². The lowest BCUT2D eigenvalue weighted by molar-refractivity contribution is 0.297. The zero-order valence-electron chi connectivity index (χ0n) is 11.1. The van der Waals surface area contributed by atoms with Gasteiger partial charge in [0.25, 0.3) is 0 Å². The number of aromatic nitrogens is 5. The first-order valence-electron chi connectivity index (χ1n) is 6.61. The highest BCUT2D eigenvalue weighted by molar-refractivity contribution is 5.61. The lowest BCUT2D eigenvalue weighted by Crippen LogP contribution is -2.00. The Labute approximate surface area is 119 Å². The van der Waals surface area contributed by atoms with E-state index in [2.05, 4.69) is 25.9 Å². The van der Waals surface area contributed by atoms with Crippen molar-refractivity contribution in [3.05, 3.63) is 30.3 Å². The van der Waals surface area contributed by atoms with E-state index in [4.69, 9.17) is 9.47 Å². The number of tetrazole rings is 1. The standard InChI is InChI=1S/C13H12N6O2/c1-6-20-10-3-2-9(8-11(10)21-7-1)14-12-4-5-13-15-17-18-19(13)16-12/h2-5,8H,1,6-7H2,(H,14,16). The minimum Gasteiger partial charge on any atom is -0.490 e. The molecule has 0 radical (unpaired) electrons. The summed E-state index contributed by atoms with van der Waals surface area (Å²) in [6.07, 6.45) is 0.884. The van der Waals surface area contributed by atoms with Crippen molar-refractivity contribution in [2.24, 2.45) is 0 Å². The molecule has 8 heteroatoms. The zero-order valence-corrected chi connectivity index (χ0v) is 11.1. The average Bonchev–Trinajstić information content (AvgIpc) is 2.84. The van der Waals surface area contributed by atoms with Gasteiger partial charge in [0.2, 0.25) is 0 Å². The molecule has 0 atom stereocenters. The quantitative estimate of drug-likeness (QED) is 0.761. The number of nitrogens with zero attached hydrogens (tertiary/aromatic N) is 5. The molecule has 106 valence electrons. The molecule has 0 bridgehead atoms. The molecule has 21 heavy (non-hydrogen) atoms. The lowest BCUT2D eigenvalue weighted by Gasteiger charge is -2.10. The van der Waals surface area contributed by atoms with Crippen LogP contribution in [-0.4, -0.2) is 38.5 Å². The molecule has 0 amide bonds. The highest BCUT2D eigenvalue weighted by atomic mass is 16.5. The van der Waals surface area contributed by atoms with Crippen LogP contribution in [-0.2, 0) is 0 Å². The summed E-state index contributed by atoms with van der Waals surface area (Å²) in [5.74, 6) is 2.15. The summed E-state index contributed by atoms with van der Waals surface area (Å²) >= 11 is 0. The van der Waals surface area contributed by atoms with Crippen LogP contribution in [0.5, 0.6) is 11.5 Å². The fraction of sp³-hybridized carbons (Fsp3) is 0.231. The van der Waals surface area contributed by atoms with Crippen molar-refractivity contribution in [3.63, 3.8) is 0 Å². The molecule has 0 fully saturated rings. The van der Waals surface area contributed by atoms with Crippen LogP contribution in [0.2, 0.25) is 0 Å². The maximum atomic E-state index is 5.66. The Bertz CT molecular complexity index is 787. The van der Waals surface area contributed by atoms with Gasteiger partial charge in [0, 0.05) is 18.2 Å². The van der Waals surface area contributed by atoms with Crippen molar-refractivity contribution in [2.75, 3.05) is 18.5 Å². The summed E-state index contributed by atoms with van der Waals surface area (Å²) in [5.41, 5.74) is 1.46. The first kappa shape index (κ1) is 11.9. The van der Waals surface area contributed by atoms with Crippen molar-refractivity contribution in [1.82, 2.24) is 25.3 Å². The molecule has 8 nitrogen and oxygen atoms in total. The van der Waals surface area contributed by atoms with Crippen molar-refractivity contribution >= 4 is 17.2 Å². The second kappa shape index (κ2) is 4.89. The number of hydrogen-bond acceptors (Lipinski definition) is 7. The third kappa shape index (κ3) is 2.31. The molecule has 1 N–H and O–H groups in total. The number of anilines is 2. The van der Waals surface area contributed by atoms with E-state index in [-0.39, 0.29) is 0 Å². The highest BCUT2D eigenvalue weighted by Gasteiger charge is 2.11. The fourth-order valence-electron chi connectivity index (χ4n) is 2.11. The van der Waals surface area contributed by atoms with E-state index in [1.54, 1.807) is 6.07 Å². The molecule has 0 saturated heterocycles. The summed E-state index contributed by atoms with van der Waals surface area (Å²) in [7, 11) is 0. The van der Waals surface area contributed by atoms with Crippen molar-refractivity contribution in [3.8, 4) is 11.5 Å². The first-order valence-corrected chi connectivity index (χ1v) is 6.61. The molecule has 1 aromatic carbocycles. The molecule has 4 rings (SSSR count). The largest absolute Gasteiger partial charge is 0.490 e. The van der Waals surface area contributed by atoms with Gasteiger partial charge in [0.1, 0.15) is 0 Å². The molecular weight excluding hydrogens is 272 g/mol. The fourth-order valence-corrected chi connectivity index (χ4v) is 2.11. The van der Waals surface area contributed by atoms with Crippen molar-refractivity contribution in [1.29, 1.82) is 0 Å². The van der Waals surface area contributed by atoms with Crippen LogP contribution in [0.25, 0.3) is 5.65 Å². The van der Waals surface area contributed by atoms with E-state index >= 15 is 0 Å². The van der Waals surface area contributed by atoms with Crippen LogP contribution in [0, 0.1) is 0 Å². The third-order valence-corrected chi connectivity index (χ3v) is 3.09. The first-order chi connectivity index (χ1) is 10.4. The molecule has 0 saturated carbocycles. The van der Waals surface area contributed by atoms with E-state index in [1.807, 2.05) is 24.3 Å². The number of hydrogen-bond donors (Lipinski definition) is 1. The smallest absolute Gasteiger partial charge is 0.200 e. The van der Waals surface area contributed by atoms with Gasteiger partial charge < -0.3 is 14.8 Å². The molecule has 0 unspecified atom stereocenters. The molecule has 0 spiro atoms. The second-order valence-corrected chi connectivity index (χ2v) is 4.58. The van der Waals surface area contributed by atoms with Gasteiger partial charge in [0.05, 0.1) is 13.2 Å². The summed E-state index contributed by atoms with van der Waals surface area (Å²) < 4.78 is 12.6. The van der Waals surface area contributed by atoms with E-state index in [0.717, 1.165) is 23.6 Å². The lowest BCUT2D eigenvalue weighted by atomic mass is 10.2. The Morgan fingerprint density at radius 2 is 1.95 bits per heavy atom. The number of benzene rings is 1. The number of fused-ring (bicyclic) bond motifs is 2. The molecular formula is C13H12N6O2. The minimum atomic E-state index is 0.596. The molecule has 2 aromatic heterocycles. The number of ether oxygens (including phenoxy) is 2. The normalized spacial score (nSPS) is 13.9. The number of nitrogens with one attached hydrogen (secondary N) is 1. The van der Waals surface area contributed by atoms with Crippen LogP contribution in [0.1, 0.15) is 6.42 Å². The van der Waals surface area contributed by atoms with Gasteiger partial charge in [-0.3, -0.25) is 0 Å². The van der Waals surface area contributed by atoms with E-state index in [0.29, 0.717) is 24.7 Å². The van der Waals surface area contributed by atoms with Crippen molar-refractivity contribution in [2.45, 2.75) is 6.42 Å². The van der Waals surface area contributed by atoms with Gasteiger partial charge in [-0.2, -0.15) is 0 Å². The molecule has 1 aliphatic rings. The Hall–Kier alpha value is -2.90. The predicted octanol–water partition coefficient (Wildman–Crippen LogP) is 1.42. The summed E-state index contributed by atoms with van der Waals surface area (Å²) in [6, 6.07) is 9.30. The van der Waals surface area contributed by atoms with Crippen molar-refractivity contribution < 1.29 is 9.47 Å². The highest BCUT2D eigenvalue weighted by Crippen LogP contribution is 2.33. The summed E-state index contributed by atoms with van der Waals surface area (Å²) in [5, 5.41) is 18.6. The summed E-state index contributed by atoms with van der Waals surface area (Å²) in [4.78, 5) is 0. The van der Waals surface area contributed by atoms with Gasteiger partial charge in [0.15, 0.2) is 23.0 Å². The van der Waals surface area contributed by atoms with Crippen LogP contribution in [0.4, 0.5) is 11.5 Å². The van der Waals surface area contributed by atoms with Crippen LogP contribution >= 0.6 is 0 Å². The second-order valence-electron chi connectivity index (χ2n) is 4.58. The SMILES string of the molecule is c1cc2c(cc1Nc1ccc3nnnn3n1)OCCCO2. The Morgan fingerprint density at radius 3 is 2.90 bits per heavy atom. The van der Waals surface area contributed by atoms with E-state index in [9.17, 15) is 0 Å². The van der Waals surface area contributed by atoms with Gasteiger partial charge in [-0.15, -0.1) is 14.8 Å². The van der Waals surface area contributed by atoms with Gasteiger partial charge in [-0.05, 0) is 34.7 Å². The molecule has 0 aliphatic carbocycles. The Balaban J connectivity index is 1.62. The van der Waals surface area contributed by atoms with Gasteiger partial charge in [-0.1, -0.05) is 0 Å². The Morgan fingerprint density at radius 1 is 1.05 bits per heavy atom. The van der Waals surface area contributed by atoms with E-state index < -0.39 is 0 Å². The molecule has 3 aromatic rings. The van der Waals surface area contributed by atoms with Crippen LogP contribution < -0.4 is 14.8 Å². The Kier molecular flexibility index (Phi) is 2.77. The summed E-state index contributed by atoms with van der Waals surface area (Å²) in [6.45, 7) is 1.34. The topological polar surface area (TPSA) is 86.5 Å². The average molecular weight is 284 g/mol. The third-order valence-electron chi connectivity index (χ3n) is 3.09. The monoisotopic (exact) mass is 284 g/mol. The number of rotatable bonds is 2. The zero-order chi connectivity index (χ0) is 14.1. The van der Waals surface area contributed by atoms with Gasteiger partial charge >= 0.3 is 0 Å².